The van der Waals surface area contributed by atoms with Gasteiger partial charge in [0, 0.05) is 30.0 Å². The number of ketones is 1. The molecule has 7 nitrogen and oxygen atoms in total. The van der Waals surface area contributed by atoms with E-state index >= 15 is 0 Å². The molecule has 8 heteroatoms. The molecule has 1 aliphatic carbocycles. The topological polar surface area (TPSA) is 89.8 Å². The number of hydrogen-bond acceptors (Lipinski definition) is 5. The molecule has 0 spiro atoms. The Balaban J connectivity index is 1.88. The van der Waals surface area contributed by atoms with Crippen molar-refractivity contribution in [2.45, 2.75) is 38.5 Å². The average molecular weight is 424 g/mol. The highest BCUT2D eigenvalue weighted by Gasteiger charge is 2.41. The smallest absolute Gasteiger partial charge is 0.297 e. The molecule has 2 aromatic rings. The first-order valence-electron chi connectivity index (χ1n) is 10.2. The minimum Gasteiger partial charge on any atom is -0.494 e. The van der Waals surface area contributed by atoms with Gasteiger partial charge in [0.1, 0.15) is 17.3 Å². The number of anilines is 1. The van der Waals surface area contributed by atoms with Crippen molar-refractivity contribution >= 4 is 23.1 Å². The van der Waals surface area contributed by atoms with Crippen molar-refractivity contribution in [3.8, 4) is 5.75 Å². The van der Waals surface area contributed by atoms with Gasteiger partial charge in [-0.25, -0.2) is 4.39 Å². The number of Topliss-reactive ketones (excluding diaryl/α,β-unsaturated/α-hetero) is 1. The van der Waals surface area contributed by atoms with Gasteiger partial charge in [0.2, 0.25) is 5.91 Å². The number of rotatable bonds is 5. The first-order valence-corrected chi connectivity index (χ1v) is 10.2. The lowest BCUT2D eigenvalue weighted by atomic mass is 9.77. The Hall–Kier alpha value is -3.55. The molecule has 160 valence electrons. The summed E-state index contributed by atoms with van der Waals surface area (Å²) in [5.74, 6) is -1.16. The standard InChI is InChI=1S/C23H21FN2O5/c1-2-31-16-9-10-18(20(12-16)26(29)30)25-19-7-4-8-21(27)23(19)17(13-22(25)28)14-5-3-6-15(24)11-14/h3,5-6,9-12,17H,2,4,7-8,13H2,1H3. The summed E-state index contributed by atoms with van der Waals surface area (Å²) in [6, 6.07) is 10.2. The summed E-state index contributed by atoms with van der Waals surface area (Å²) in [5, 5.41) is 11.8. The lowest BCUT2D eigenvalue weighted by Gasteiger charge is -2.38. The summed E-state index contributed by atoms with van der Waals surface area (Å²) in [6.45, 7) is 2.11. The summed E-state index contributed by atoms with van der Waals surface area (Å²) in [7, 11) is 0. The van der Waals surface area contributed by atoms with Crippen LogP contribution in [-0.4, -0.2) is 23.2 Å². The first-order chi connectivity index (χ1) is 14.9. The molecule has 2 aromatic carbocycles. The fourth-order valence-corrected chi connectivity index (χ4v) is 4.38. The molecule has 0 bridgehead atoms. The predicted octanol–water partition coefficient (Wildman–Crippen LogP) is 4.66. The van der Waals surface area contributed by atoms with Crippen molar-refractivity contribution in [2.75, 3.05) is 11.5 Å². The number of carbonyl (C=O) groups is 2. The lowest BCUT2D eigenvalue weighted by molar-refractivity contribution is -0.384. The Morgan fingerprint density at radius 1 is 1.19 bits per heavy atom. The molecule has 0 radical (unpaired) electrons. The molecule has 1 heterocycles. The molecule has 0 saturated carbocycles. The average Bonchev–Trinajstić information content (AvgIpc) is 2.74. The van der Waals surface area contributed by atoms with Gasteiger partial charge in [0.25, 0.3) is 5.69 Å². The van der Waals surface area contributed by atoms with E-state index in [0.29, 0.717) is 48.5 Å². The van der Waals surface area contributed by atoms with Crippen LogP contribution in [0.3, 0.4) is 0 Å². The van der Waals surface area contributed by atoms with E-state index in [1.54, 1.807) is 25.1 Å². The van der Waals surface area contributed by atoms with Crippen LogP contribution in [0.15, 0.2) is 53.7 Å². The summed E-state index contributed by atoms with van der Waals surface area (Å²) in [6.07, 6.45) is 1.24. The number of ether oxygens (including phenoxy) is 1. The van der Waals surface area contributed by atoms with E-state index in [0.717, 1.165) is 0 Å². The minimum absolute atomic E-state index is 0.0710. The number of amides is 1. The molecule has 2 aliphatic rings. The molecule has 0 N–H and O–H groups in total. The molecule has 1 atom stereocenters. The quantitative estimate of drug-likeness (QED) is 0.514. The number of nitro groups is 1. The molecule has 1 unspecified atom stereocenters. The minimum atomic E-state index is -0.566. The molecule has 1 amide bonds. The van der Waals surface area contributed by atoms with Crippen LogP contribution < -0.4 is 9.64 Å². The molecular formula is C23H21FN2O5. The van der Waals surface area contributed by atoms with Gasteiger partial charge < -0.3 is 4.74 Å². The monoisotopic (exact) mass is 424 g/mol. The largest absolute Gasteiger partial charge is 0.494 e. The van der Waals surface area contributed by atoms with Crippen LogP contribution in [0.4, 0.5) is 15.8 Å². The molecule has 4 rings (SSSR count). The third-order valence-corrected chi connectivity index (χ3v) is 5.62. The zero-order valence-electron chi connectivity index (χ0n) is 17.0. The van der Waals surface area contributed by atoms with Gasteiger partial charge in [-0.3, -0.25) is 24.6 Å². The Morgan fingerprint density at radius 3 is 2.71 bits per heavy atom. The maximum atomic E-state index is 13.8. The van der Waals surface area contributed by atoms with E-state index in [2.05, 4.69) is 0 Å². The van der Waals surface area contributed by atoms with Gasteiger partial charge in [0.15, 0.2) is 5.78 Å². The second-order valence-electron chi connectivity index (χ2n) is 7.52. The predicted molar refractivity (Wildman–Crippen MR) is 111 cm³/mol. The normalized spacial score (nSPS) is 18.8. The van der Waals surface area contributed by atoms with Crippen molar-refractivity contribution in [1.29, 1.82) is 0 Å². The third-order valence-electron chi connectivity index (χ3n) is 5.62. The molecule has 0 aromatic heterocycles. The maximum Gasteiger partial charge on any atom is 0.297 e. The van der Waals surface area contributed by atoms with E-state index in [9.17, 15) is 24.1 Å². The highest BCUT2D eigenvalue weighted by Crippen LogP contribution is 2.45. The SMILES string of the molecule is CCOc1ccc(N2C(=O)CC(c3cccc(F)c3)C3=C2CCCC3=O)c([N+](=O)[O-])c1. The van der Waals surface area contributed by atoms with Crippen LogP contribution in [0.25, 0.3) is 0 Å². The van der Waals surface area contributed by atoms with Crippen LogP contribution >= 0.6 is 0 Å². The Bertz CT molecular complexity index is 1110. The van der Waals surface area contributed by atoms with Crippen LogP contribution in [0.5, 0.6) is 5.75 Å². The highest BCUT2D eigenvalue weighted by molar-refractivity contribution is 6.08. The maximum absolute atomic E-state index is 13.8. The van der Waals surface area contributed by atoms with E-state index in [1.165, 1.54) is 29.2 Å². The molecule has 31 heavy (non-hydrogen) atoms. The molecule has 0 fully saturated rings. The van der Waals surface area contributed by atoms with Crippen LogP contribution in [0.1, 0.15) is 44.1 Å². The zero-order valence-corrected chi connectivity index (χ0v) is 17.0. The van der Waals surface area contributed by atoms with E-state index in [-0.39, 0.29) is 29.5 Å². The Morgan fingerprint density at radius 2 is 2.00 bits per heavy atom. The van der Waals surface area contributed by atoms with Crippen LogP contribution in [0.2, 0.25) is 0 Å². The molecule has 0 saturated heterocycles. The van der Waals surface area contributed by atoms with E-state index < -0.39 is 16.7 Å². The van der Waals surface area contributed by atoms with E-state index in [1.807, 2.05) is 0 Å². The van der Waals surface area contributed by atoms with Gasteiger partial charge in [-0.05, 0) is 49.6 Å². The number of benzene rings is 2. The molecule has 1 aliphatic heterocycles. The molecular weight excluding hydrogens is 403 g/mol. The number of allylic oxidation sites excluding steroid dienone is 2. The van der Waals surface area contributed by atoms with Crippen molar-refractivity contribution in [3.63, 3.8) is 0 Å². The van der Waals surface area contributed by atoms with Gasteiger partial charge in [-0.15, -0.1) is 0 Å². The van der Waals surface area contributed by atoms with Gasteiger partial charge in [-0.2, -0.15) is 0 Å². The van der Waals surface area contributed by atoms with Gasteiger partial charge in [0.05, 0.1) is 17.6 Å². The number of halogens is 1. The van der Waals surface area contributed by atoms with Crippen LogP contribution in [-0.2, 0) is 9.59 Å². The van der Waals surface area contributed by atoms with Crippen molar-refractivity contribution in [3.05, 3.63) is 75.2 Å². The fourth-order valence-electron chi connectivity index (χ4n) is 4.38. The number of nitro benzene ring substituents is 1. The van der Waals surface area contributed by atoms with Crippen molar-refractivity contribution < 1.29 is 23.6 Å². The summed E-state index contributed by atoms with van der Waals surface area (Å²) >= 11 is 0. The highest BCUT2D eigenvalue weighted by atomic mass is 19.1. The van der Waals surface area contributed by atoms with E-state index in [4.69, 9.17) is 4.74 Å². The van der Waals surface area contributed by atoms with Gasteiger partial charge >= 0.3 is 0 Å². The number of hydrogen-bond donors (Lipinski definition) is 0. The van der Waals surface area contributed by atoms with Gasteiger partial charge in [-0.1, -0.05) is 12.1 Å². The fraction of sp³-hybridized carbons (Fsp3) is 0.304. The number of carbonyl (C=O) groups excluding carboxylic acids is 2. The zero-order chi connectivity index (χ0) is 22.1. The summed E-state index contributed by atoms with van der Waals surface area (Å²) < 4.78 is 19.2. The second-order valence-corrected chi connectivity index (χ2v) is 7.52. The third kappa shape index (κ3) is 3.81. The second kappa shape index (κ2) is 8.29. The Labute approximate surface area is 178 Å². The van der Waals surface area contributed by atoms with Crippen molar-refractivity contribution in [2.24, 2.45) is 0 Å². The first kappa shape index (κ1) is 20.7. The summed E-state index contributed by atoms with van der Waals surface area (Å²) in [4.78, 5) is 38.6. The lowest BCUT2D eigenvalue weighted by Crippen LogP contribution is -2.40. The Kier molecular flexibility index (Phi) is 5.54. The van der Waals surface area contributed by atoms with Crippen LogP contribution in [0, 0.1) is 15.9 Å². The number of nitrogens with zero attached hydrogens (tertiary/aromatic N) is 2. The summed E-state index contributed by atoms with van der Waals surface area (Å²) in [5.41, 5.74) is 1.30. The van der Waals surface area contributed by atoms with Crippen molar-refractivity contribution in [1.82, 2.24) is 0 Å².